The summed E-state index contributed by atoms with van der Waals surface area (Å²) in [5.41, 5.74) is 7.20. The molecule has 1 aliphatic heterocycles. The van der Waals surface area contributed by atoms with Crippen molar-refractivity contribution in [1.29, 1.82) is 0 Å². The van der Waals surface area contributed by atoms with E-state index in [1.807, 2.05) is 60.1 Å². The highest BCUT2D eigenvalue weighted by molar-refractivity contribution is 6.09. The van der Waals surface area contributed by atoms with Crippen LogP contribution in [0.2, 0.25) is 0 Å². The molecule has 0 spiro atoms. The monoisotopic (exact) mass is 461 g/mol. The van der Waals surface area contributed by atoms with Crippen LogP contribution in [0.25, 0.3) is 11.3 Å². The molecule has 5 nitrogen and oxygen atoms in total. The van der Waals surface area contributed by atoms with E-state index in [0.717, 1.165) is 51.6 Å². The fraction of sp³-hybridized carbons (Fsp3) is 0.200. The minimum Gasteiger partial charge on any atom is -0.497 e. The van der Waals surface area contributed by atoms with Crippen molar-refractivity contribution in [3.05, 3.63) is 113 Å². The number of fused-ring (bicyclic) bond motifs is 2. The molecule has 2 heterocycles. The van der Waals surface area contributed by atoms with Gasteiger partial charge in [-0.3, -0.25) is 4.79 Å². The first-order chi connectivity index (χ1) is 17.1. The number of ketones is 1. The number of hydrogen-bond acceptors (Lipinski definition) is 4. The van der Waals surface area contributed by atoms with Crippen molar-refractivity contribution < 1.29 is 9.53 Å². The van der Waals surface area contributed by atoms with Gasteiger partial charge < -0.3 is 10.1 Å². The van der Waals surface area contributed by atoms with Crippen LogP contribution < -0.4 is 10.1 Å². The number of benzene rings is 3. The molecule has 0 saturated carbocycles. The predicted octanol–water partition coefficient (Wildman–Crippen LogP) is 6.26. The highest BCUT2D eigenvalue weighted by atomic mass is 16.5. The van der Waals surface area contributed by atoms with Crippen LogP contribution in [0.1, 0.15) is 47.2 Å². The maximum Gasteiger partial charge on any atom is 0.162 e. The molecule has 0 saturated heterocycles. The zero-order valence-corrected chi connectivity index (χ0v) is 19.9. The van der Waals surface area contributed by atoms with Gasteiger partial charge in [0.2, 0.25) is 0 Å². The predicted molar refractivity (Wildman–Crippen MR) is 138 cm³/mol. The van der Waals surface area contributed by atoms with E-state index in [1.165, 1.54) is 5.56 Å². The quantitative estimate of drug-likeness (QED) is 0.390. The first kappa shape index (κ1) is 21.4. The molecule has 174 valence electrons. The Bertz CT molecular complexity index is 1420. The van der Waals surface area contributed by atoms with Crippen molar-refractivity contribution in [3.8, 4) is 11.4 Å². The van der Waals surface area contributed by atoms with E-state index in [0.29, 0.717) is 6.42 Å². The second-order valence-corrected chi connectivity index (χ2v) is 9.24. The fourth-order valence-corrected chi connectivity index (χ4v) is 5.50. The lowest BCUT2D eigenvalue weighted by atomic mass is 9.73. The maximum absolute atomic E-state index is 13.8. The second kappa shape index (κ2) is 8.58. The Morgan fingerprint density at radius 3 is 2.26 bits per heavy atom. The van der Waals surface area contributed by atoms with Crippen molar-refractivity contribution in [3.63, 3.8) is 0 Å². The lowest BCUT2D eigenvalue weighted by molar-refractivity contribution is -0.116. The molecule has 1 aromatic heterocycles. The summed E-state index contributed by atoms with van der Waals surface area (Å²) >= 11 is 0. The molecular weight excluding hydrogens is 434 g/mol. The summed E-state index contributed by atoms with van der Waals surface area (Å²) in [6.45, 7) is 2.04. The van der Waals surface area contributed by atoms with Crippen LogP contribution in [-0.4, -0.2) is 22.7 Å². The number of anilines is 1. The van der Waals surface area contributed by atoms with Gasteiger partial charge in [0.15, 0.2) is 5.78 Å². The summed E-state index contributed by atoms with van der Waals surface area (Å²) in [6, 6.07) is 28.3. The average Bonchev–Trinajstić information content (AvgIpc) is 3.25. The molecule has 2 atom stereocenters. The summed E-state index contributed by atoms with van der Waals surface area (Å²) in [5, 5.41) is 8.62. The van der Waals surface area contributed by atoms with E-state index >= 15 is 0 Å². The van der Waals surface area contributed by atoms with Crippen LogP contribution in [0.15, 0.2) is 90.5 Å². The first-order valence-electron chi connectivity index (χ1n) is 12.0. The summed E-state index contributed by atoms with van der Waals surface area (Å²) in [4.78, 5) is 13.8. The maximum atomic E-state index is 13.8. The molecule has 2 unspecified atom stereocenters. The number of hydrogen-bond donors (Lipinski definition) is 1. The highest BCUT2D eigenvalue weighted by Crippen LogP contribution is 2.50. The number of ether oxygens (including phenoxy) is 1. The van der Waals surface area contributed by atoms with Gasteiger partial charge in [-0.2, -0.15) is 5.10 Å². The molecule has 1 aliphatic carbocycles. The van der Waals surface area contributed by atoms with Crippen molar-refractivity contribution in [2.45, 2.75) is 31.7 Å². The van der Waals surface area contributed by atoms with Crippen molar-refractivity contribution in [1.82, 2.24) is 9.78 Å². The van der Waals surface area contributed by atoms with E-state index in [4.69, 9.17) is 9.84 Å². The van der Waals surface area contributed by atoms with E-state index in [2.05, 4.69) is 41.7 Å². The molecule has 0 bridgehead atoms. The van der Waals surface area contributed by atoms with E-state index in [9.17, 15) is 4.79 Å². The summed E-state index contributed by atoms with van der Waals surface area (Å²) in [7, 11) is 1.66. The van der Waals surface area contributed by atoms with Gasteiger partial charge in [0.1, 0.15) is 11.6 Å². The van der Waals surface area contributed by atoms with Gasteiger partial charge in [0.25, 0.3) is 0 Å². The van der Waals surface area contributed by atoms with Gasteiger partial charge in [-0.15, -0.1) is 0 Å². The molecule has 2 aliphatic rings. The lowest BCUT2D eigenvalue weighted by Gasteiger charge is -2.36. The van der Waals surface area contributed by atoms with Crippen LogP contribution in [0.4, 0.5) is 5.82 Å². The van der Waals surface area contributed by atoms with Gasteiger partial charge >= 0.3 is 0 Å². The third kappa shape index (κ3) is 3.64. The fourth-order valence-electron chi connectivity index (χ4n) is 5.50. The zero-order chi connectivity index (χ0) is 23.9. The Morgan fingerprint density at radius 2 is 1.57 bits per heavy atom. The average molecular weight is 462 g/mol. The second-order valence-electron chi connectivity index (χ2n) is 9.24. The summed E-state index contributed by atoms with van der Waals surface area (Å²) in [5.74, 6) is 2.09. The van der Waals surface area contributed by atoms with Crippen LogP contribution in [0.3, 0.4) is 0 Å². The number of Topliss-reactive ketones (excluding diaryl/α,β-unsaturated/α-hetero) is 1. The first-order valence-corrected chi connectivity index (χ1v) is 12.0. The Labute approximate surface area is 205 Å². The molecule has 0 radical (unpaired) electrons. The minimum absolute atomic E-state index is 0.157. The van der Waals surface area contributed by atoms with Gasteiger partial charge in [-0.1, -0.05) is 60.7 Å². The third-order valence-electron chi connectivity index (χ3n) is 7.16. The molecule has 4 aromatic rings. The van der Waals surface area contributed by atoms with E-state index in [1.54, 1.807) is 7.11 Å². The Morgan fingerprint density at radius 1 is 0.886 bits per heavy atom. The van der Waals surface area contributed by atoms with E-state index < -0.39 is 0 Å². The van der Waals surface area contributed by atoms with Crippen LogP contribution in [0, 0.1) is 6.92 Å². The largest absolute Gasteiger partial charge is 0.497 e. The van der Waals surface area contributed by atoms with Crippen LogP contribution in [0.5, 0.6) is 5.75 Å². The van der Waals surface area contributed by atoms with Crippen molar-refractivity contribution in [2.75, 3.05) is 12.4 Å². The molecule has 0 amide bonds. The smallest absolute Gasteiger partial charge is 0.162 e. The molecule has 35 heavy (non-hydrogen) atoms. The number of carbonyl (C=O) groups is 1. The summed E-state index contributed by atoms with van der Waals surface area (Å²) in [6.07, 6.45) is 1.33. The normalized spacial score (nSPS) is 19.1. The Hall–Kier alpha value is -4.12. The van der Waals surface area contributed by atoms with Crippen molar-refractivity contribution >= 4 is 17.2 Å². The number of rotatable bonds is 4. The third-order valence-corrected chi connectivity index (χ3v) is 7.16. The number of nitrogens with one attached hydrogen (secondary N) is 1. The Kier molecular flexibility index (Phi) is 5.25. The zero-order valence-electron chi connectivity index (χ0n) is 19.9. The van der Waals surface area contributed by atoms with Crippen LogP contribution >= 0.6 is 0 Å². The number of aryl methyl sites for hydroxylation is 1. The van der Waals surface area contributed by atoms with Gasteiger partial charge in [0, 0.05) is 17.6 Å². The number of aromatic nitrogens is 2. The van der Waals surface area contributed by atoms with Gasteiger partial charge in [0.05, 0.1) is 24.5 Å². The number of methoxy groups -OCH3 is 1. The molecule has 6 rings (SSSR count). The minimum atomic E-state index is -0.244. The molecule has 1 N–H and O–H groups in total. The van der Waals surface area contributed by atoms with Gasteiger partial charge in [-0.25, -0.2) is 4.68 Å². The topological polar surface area (TPSA) is 56.1 Å². The van der Waals surface area contributed by atoms with E-state index in [-0.39, 0.29) is 17.7 Å². The number of nitrogens with zero attached hydrogens (tertiary/aromatic N) is 2. The number of carbonyl (C=O) groups excluding carboxylic acids is 1. The highest BCUT2D eigenvalue weighted by Gasteiger charge is 2.40. The standard InChI is InChI=1S/C30H27N3O2/c1-19-27-25-17-22(20-9-5-3-6-10-20)18-26(34)28(25)29(21-13-15-24(35-2)16-14-21)31-30(27)33(32-19)23-11-7-4-8-12-23/h3-16,22,29,31H,17-18H2,1-2H3. The lowest BCUT2D eigenvalue weighted by Crippen LogP contribution is -2.30. The molecular formula is C30H27N3O2. The number of para-hydroxylation sites is 1. The summed E-state index contributed by atoms with van der Waals surface area (Å²) < 4.78 is 7.34. The Balaban J connectivity index is 1.53. The van der Waals surface area contributed by atoms with Crippen molar-refractivity contribution in [2.24, 2.45) is 0 Å². The molecule has 5 heteroatoms. The molecule has 0 fully saturated rings. The van der Waals surface area contributed by atoms with Crippen LogP contribution in [-0.2, 0) is 4.79 Å². The SMILES string of the molecule is COc1ccc(C2Nc3c(c(C)nn3-c3ccccc3)C3=C2C(=O)CC(c2ccccc2)C3)cc1. The number of allylic oxidation sites excluding steroid dienone is 1. The van der Waals surface area contributed by atoms with Gasteiger partial charge in [-0.05, 0) is 60.2 Å². The molecule has 3 aromatic carbocycles.